The molecule has 130 valence electrons. The molecule has 1 N–H and O–H groups in total. The minimum atomic E-state index is -2.96. The minimum Gasteiger partial charge on any atom is -0.490 e. The second-order valence-corrected chi connectivity index (χ2v) is 5.19. The van der Waals surface area contributed by atoms with Gasteiger partial charge in [0.05, 0.1) is 17.3 Å². The van der Waals surface area contributed by atoms with Crippen LogP contribution in [0.2, 0.25) is 5.02 Å². The molecule has 2 rings (SSSR count). The summed E-state index contributed by atoms with van der Waals surface area (Å²) in [7, 11) is 0. The Balaban J connectivity index is 2.08. The van der Waals surface area contributed by atoms with Crippen molar-refractivity contribution in [2.24, 2.45) is 0 Å². The molecular formula is C15H16ClF2N3O3. The lowest BCUT2D eigenvalue weighted by Gasteiger charge is -2.13. The van der Waals surface area contributed by atoms with Crippen LogP contribution in [0.4, 0.5) is 14.5 Å². The number of hydrogen-bond donors (Lipinski definition) is 1. The lowest BCUT2D eigenvalue weighted by Crippen LogP contribution is -2.19. The lowest BCUT2D eigenvalue weighted by molar-refractivity contribution is -0.116. The molecule has 2 aromatic rings. The van der Waals surface area contributed by atoms with E-state index in [1.807, 2.05) is 0 Å². The molecule has 0 aliphatic carbocycles. The van der Waals surface area contributed by atoms with Gasteiger partial charge in [-0.2, -0.15) is 13.9 Å². The fraction of sp³-hybridized carbons (Fsp3) is 0.333. The van der Waals surface area contributed by atoms with Crippen LogP contribution in [0.3, 0.4) is 0 Å². The number of amides is 1. The zero-order valence-electron chi connectivity index (χ0n) is 13.1. The van der Waals surface area contributed by atoms with E-state index in [0.29, 0.717) is 16.4 Å². The number of nitrogens with one attached hydrogen (secondary N) is 1. The molecule has 0 fully saturated rings. The average molecular weight is 360 g/mol. The van der Waals surface area contributed by atoms with Crippen molar-refractivity contribution in [2.75, 3.05) is 11.9 Å². The Morgan fingerprint density at radius 2 is 2.17 bits per heavy atom. The number of benzene rings is 1. The summed E-state index contributed by atoms with van der Waals surface area (Å²) in [4.78, 5) is 12.0. The summed E-state index contributed by atoms with van der Waals surface area (Å²) < 4.78 is 35.8. The molecule has 6 nitrogen and oxygen atoms in total. The molecule has 9 heteroatoms. The van der Waals surface area contributed by atoms with Crippen molar-refractivity contribution in [1.82, 2.24) is 9.78 Å². The Morgan fingerprint density at radius 3 is 2.75 bits per heavy atom. The Hall–Kier alpha value is -2.35. The molecule has 0 unspecified atom stereocenters. The SMILES string of the molecule is CCOc1cc(NC(=O)Cn2cc(Cl)c(C)n2)ccc1OC(F)F. The number of carbonyl (C=O) groups excluding carboxylic acids is 1. The molecular weight excluding hydrogens is 344 g/mol. The maximum Gasteiger partial charge on any atom is 0.387 e. The first-order chi connectivity index (χ1) is 11.4. The normalized spacial score (nSPS) is 10.8. The van der Waals surface area contributed by atoms with E-state index < -0.39 is 6.61 Å². The van der Waals surface area contributed by atoms with Gasteiger partial charge in [-0.3, -0.25) is 9.48 Å². The predicted molar refractivity (Wildman–Crippen MR) is 84.8 cm³/mol. The van der Waals surface area contributed by atoms with Crippen LogP contribution in [0.1, 0.15) is 12.6 Å². The van der Waals surface area contributed by atoms with E-state index in [1.165, 1.54) is 22.9 Å². The highest BCUT2D eigenvalue weighted by atomic mass is 35.5. The van der Waals surface area contributed by atoms with Crippen molar-refractivity contribution in [2.45, 2.75) is 27.0 Å². The van der Waals surface area contributed by atoms with Crippen LogP contribution in [0, 0.1) is 6.92 Å². The Kier molecular flexibility index (Phi) is 5.97. The average Bonchev–Trinajstić information content (AvgIpc) is 2.79. The number of alkyl halides is 2. The van der Waals surface area contributed by atoms with Crippen molar-refractivity contribution in [3.63, 3.8) is 0 Å². The maximum atomic E-state index is 12.4. The summed E-state index contributed by atoms with van der Waals surface area (Å²) in [6, 6.07) is 4.17. The van der Waals surface area contributed by atoms with Crippen molar-refractivity contribution in [3.8, 4) is 11.5 Å². The van der Waals surface area contributed by atoms with Gasteiger partial charge in [0.25, 0.3) is 0 Å². The highest BCUT2D eigenvalue weighted by Crippen LogP contribution is 2.31. The number of carbonyl (C=O) groups is 1. The molecule has 24 heavy (non-hydrogen) atoms. The molecule has 0 saturated carbocycles. The molecule has 0 radical (unpaired) electrons. The Morgan fingerprint density at radius 1 is 1.42 bits per heavy atom. The predicted octanol–water partition coefficient (Wildman–Crippen LogP) is 3.48. The number of aryl methyl sites for hydroxylation is 1. The van der Waals surface area contributed by atoms with E-state index in [0.717, 1.165) is 0 Å². The number of halogens is 3. The Labute approximate surface area is 142 Å². The fourth-order valence-electron chi connectivity index (χ4n) is 1.97. The van der Waals surface area contributed by atoms with Crippen LogP contribution in [-0.4, -0.2) is 28.9 Å². The van der Waals surface area contributed by atoms with Crippen molar-refractivity contribution in [1.29, 1.82) is 0 Å². The van der Waals surface area contributed by atoms with E-state index >= 15 is 0 Å². The molecule has 0 aliphatic heterocycles. The summed E-state index contributed by atoms with van der Waals surface area (Å²) in [5.41, 5.74) is 1.01. The molecule has 1 aromatic heterocycles. The smallest absolute Gasteiger partial charge is 0.387 e. The van der Waals surface area contributed by atoms with Crippen LogP contribution in [-0.2, 0) is 11.3 Å². The van der Waals surface area contributed by atoms with Crippen molar-refractivity contribution < 1.29 is 23.0 Å². The summed E-state index contributed by atoms with van der Waals surface area (Å²) in [5, 5.41) is 7.18. The molecule has 1 amide bonds. The van der Waals surface area contributed by atoms with E-state index in [1.54, 1.807) is 20.0 Å². The number of aromatic nitrogens is 2. The van der Waals surface area contributed by atoms with Gasteiger partial charge in [-0.25, -0.2) is 0 Å². The summed E-state index contributed by atoms with van der Waals surface area (Å²) in [5.74, 6) is -0.327. The van der Waals surface area contributed by atoms with Gasteiger partial charge >= 0.3 is 6.61 Å². The second kappa shape index (κ2) is 7.96. The summed E-state index contributed by atoms with van der Waals surface area (Å²) >= 11 is 5.88. The van der Waals surface area contributed by atoms with Gasteiger partial charge in [0.1, 0.15) is 6.54 Å². The van der Waals surface area contributed by atoms with Gasteiger partial charge in [-0.15, -0.1) is 0 Å². The van der Waals surface area contributed by atoms with Gasteiger partial charge in [0.15, 0.2) is 11.5 Å². The third-order valence-electron chi connectivity index (χ3n) is 2.94. The zero-order valence-corrected chi connectivity index (χ0v) is 13.8. The third-order valence-corrected chi connectivity index (χ3v) is 3.31. The van der Waals surface area contributed by atoms with Crippen LogP contribution in [0.15, 0.2) is 24.4 Å². The first-order valence-electron chi connectivity index (χ1n) is 7.10. The van der Waals surface area contributed by atoms with Gasteiger partial charge in [0, 0.05) is 18.0 Å². The second-order valence-electron chi connectivity index (χ2n) is 4.78. The van der Waals surface area contributed by atoms with E-state index in [4.69, 9.17) is 16.3 Å². The monoisotopic (exact) mass is 359 g/mol. The summed E-state index contributed by atoms with van der Waals surface area (Å²) in [6.45, 7) is 0.709. The Bertz CT molecular complexity index is 702. The lowest BCUT2D eigenvalue weighted by atomic mass is 10.2. The van der Waals surface area contributed by atoms with Crippen LogP contribution in [0.5, 0.6) is 11.5 Å². The van der Waals surface area contributed by atoms with E-state index in [2.05, 4.69) is 15.2 Å². The van der Waals surface area contributed by atoms with Crippen LogP contribution in [0.25, 0.3) is 0 Å². The molecule has 0 bridgehead atoms. The van der Waals surface area contributed by atoms with Gasteiger partial charge < -0.3 is 14.8 Å². The number of anilines is 1. The highest BCUT2D eigenvalue weighted by Gasteiger charge is 2.13. The molecule has 1 aromatic carbocycles. The van der Waals surface area contributed by atoms with Gasteiger partial charge in [0.2, 0.25) is 5.91 Å². The first kappa shape index (κ1) is 18.0. The molecule has 0 atom stereocenters. The van der Waals surface area contributed by atoms with Gasteiger partial charge in [-0.05, 0) is 26.0 Å². The zero-order chi connectivity index (χ0) is 17.7. The summed E-state index contributed by atoms with van der Waals surface area (Å²) in [6.07, 6.45) is 1.54. The molecule has 0 aliphatic rings. The van der Waals surface area contributed by atoms with Crippen molar-refractivity contribution in [3.05, 3.63) is 35.1 Å². The molecule has 0 spiro atoms. The number of rotatable bonds is 7. The third kappa shape index (κ3) is 4.82. The van der Waals surface area contributed by atoms with Crippen LogP contribution < -0.4 is 14.8 Å². The van der Waals surface area contributed by atoms with E-state index in [9.17, 15) is 13.6 Å². The first-order valence-corrected chi connectivity index (χ1v) is 7.48. The fourth-order valence-corrected chi connectivity index (χ4v) is 2.12. The number of ether oxygens (including phenoxy) is 2. The van der Waals surface area contributed by atoms with Gasteiger partial charge in [-0.1, -0.05) is 11.6 Å². The largest absolute Gasteiger partial charge is 0.490 e. The number of nitrogens with zero attached hydrogens (tertiary/aromatic N) is 2. The topological polar surface area (TPSA) is 65.4 Å². The standard InChI is InChI=1S/C15H16ClF2N3O3/c1-3-23-13-6-10(4-5-12(13)24-15(17)18)19-14(22)8-21-7-11(16)9(2)20-21/h4-7,15H,3,8H2,1-2H3,(H,19,22). The van der Waals surface area contributed by atoms with Crippen LogP contribution >= 0.6 is 11.6 Å². The highest BCUT2D eigenvalue weighted by molar-refractivity contribution is 6.31. The molecule has 1 heterocycles. The van der Waals surface area contributed by atoms with Crippen molar-refractivity contribution >= 4 is 23.2 Å². The maximum absolute atomic E-state index is 12.4. The van der Waals surface area contributed by atoms with E-state index in [-0.39, 0.29) is 30.6 Å². The minimum absolute atomic E-state index is 0.0349. The number of hydrogen-bond acceptors (Lipinski definition) is 4. The quantitative estimate of drug-likeness (QED) is 0.822. The molecule has 0 saturated heterocycles.